The van der Waals surface area contributed by atoms with E-state index in [2.05, 4.69) is 17.1 Å². The van der Waals surface area contributed by atoms with Crippen molar-refractivity contribution in [3.8, 4) is 0 Å². The average Bonchev–Trinajstić information content (AvgIpc) is 2.67. The Morgan fingerprint density at radius 1 is 1.21 bits per heavy atom. The lowest BCUT2D eigenvalue weighted by Crippen LogP contribution is -2.58. The van der Waals surface area contributed by atoms with Crippen molar-refractivity contribution in [1.29, 1.82) is 0 Å². The Balaban J connectivity index is 1.75. The first-order valence-corrected chi connectivity index (χ1v) is 9.96. The van der Waals surface area contributed by atoms with Gasteiger partial charge >= 0.3 is 0 Å². The summed E-state index contributed by atoms with van der Waals surface area (Å²) in [6.45, 7) is 0.764. The molecule has 3 aliphatic rings. The first-order valence-electron chi connectivity index (χ1n) is 9.96. The van der Waals surface area contributed by atoms with E-state index in [1.807, 2.05) is 15.9 Å². The highest BCUT2D eigenvalue weighted by Gasteiger charge is 2.43. The van der Waals surface area contributed by atoms with Gasteiger partial charge < -0.3 is 21.1 Å². The number of methoxy groups -OCH3 is 1. The molecular formula is C20H28N6O2. The largest absolute Gasteiger partial charge is 0.375 e. The highest BCUT2D eigenvalue weighted by Crippen LogP contribution is 2.41. The van der Waals surface area contributed by atoms with E-state index < -0.39 is 5.66 Å². The highest BCUT2D eigenvalue weighted by atomic mass is 16.5. The smallest absolute Gasteiger partial charge is 0.252 e. The van der Waals surface area contributed by atoms with E-state index >= 15 is 0 Å². The lowest BCUT2D eigenvalue weighted by atomic mass is 9.87. The molecule has 1 amide bonds. The van der Waals surface area contributed by atoms with Crippen LogP contribution in [-0.2, 0) is 16.0 Å². The summed E-state index contributed by atoms with van der Waals surface area (Å²) in [6.07, 6.45) is 6.99. The van der Waals surface area contributed by atoms with Gasteiger partial charge in [0.15, 0.2) is 0 Å². The maximum atomic E-state index is 12.6. The number of aryl methyl sites for hydroxylation is 1. The van der Waals surface area contributed by atoms with Crippen molar-refractivity contribution >= 4 is 29.2 Å². The highest BCUT2D eigenvalue weighted by molar-refractivity contribution is 6.06. The minimum atomic E-state index is -0.488. The number of carbonyl (C=O) groups is 1. The van der Waals surface area contributed by atoms with Gasteiger partial charge in [0, 0.05) is 25.0 Å². The summed E-state index contributed by atoms with van der Waals surface area (Å²) >= 11 is 0. The fourth-order valence-corrected chi connectivity index (χ4v) is 4.66. The Kier molecular flexibility index (Phi) is 4.97. The van der Waals surface area contributed by atoms with Crippen LogP contribution < -0.4 is 21.3 Å². The molecule has 0 atom stereocenters. The van der Waals surface area contributed by atoms with E-state index in [-0.39, 0.29) is 18.5 Å². The number of fused-ring (bicyclic) bond motifs is 1. The zero-order chi connectivity index (χ0) is 19.7. The molecule has 0 aromatic heterocycles. The number of ether oxygens (including phenoxy) is 1. The second kappa shape index (κ2) is 7.43. The van der Waals surface area contributed by atoms with Crippen LogP contribution in [0.15, 0.2) is 28.2 Å². The van der Waals surface area contributed by atoms with E-state index in [0.29, 0.717) is 12.5 Å². The van der Waals surface area contributed by atoms with Crippen LogP contribution in [0, 0.1) is 0 Å². The van der Waals surface area contributed by atoms with Crippen LogP contribution in [0.4, 0.5) is 11.4 Å². The van der Waals surface area contributed by atoms with Crippen LogP contribution in [-0.4, -0.2) is 43.8 Å². The van der Waals surface area contributed by atoms with E-state index in [1.54, 1.807) is 7.11 Å². The molecule has 8 nitrogen and oxygen atoms in total. The number of guanidine groups is 2. The minimum absolute atomic E-state index is 0.0319. The summed E-state index contributed by atoms with van der Waals surface area (Å²) in [5, 5.41) is 0. The number of hydrogen-bond donors (Lipinski definition) is 2. The number of anilines is 2. The topological polar surface area (TPSA) is 110 Å². The van der Waals surface area contributed by atoms with Crippen LogP contribution in [0.3, 0.4) is 0 Å². The number of benzene rings is 1. The van der Waals surface area contributed by atoms with Crippen LogP contribution in [0.5, 0.6) is 0 Å². The van der Waals surface area contributed by atoms with Gasteiger partial charge in [0.05, 0.1) is 0 Å². The number of nitrogens with zero attached hydrogens (tertiary/aromatic N) is 4. The number of hydrogen-bond acceptors (Lipinski definition) is 7. The number of nitrogens with two attached hydrogens (primary N) is 2. The van der Waals surface area contributed by atoms with Gasteiger partial charge in [0.25, 0.3) is 5.91 Å². The van der Waals surface area contributed by atoms with Crippen molar-refractivity contribution in [3.05, 3.63) is 23.8 Å². The Bertz CT molecular complexity index is 828. The van der Waals surface area contributed by atoms with Gasteiger partial charge in [-0.15, -0.1) is 0 Å². The number of aliphatic imine (C=N–C) groups is 2. The van der Waals surface area contributed by atoms with Gasteiger partial charge in [0.2, 0.25) is 11.9 Å². The first kappa shape index (κ1) is 18.7. The predicted octanol–water partition coefficient (Wildman–Crippen LogP) is 1.72. The van der Waals surface area contributed by atoms with Gasteiger partial charge in [-0.05, 0) is 56.2 Å². The Morgan fingerprint density at radius 2 is 2.00 bits per heavy atom. The molecule has 4 N–H and O–H groups in total. The Hall–Kier alpha value is -2.61. The molecule has 1 aromatic rings. The Morgan fingerprint density at radius 3 is 2.75 bits per heavy atom. The van der Waals surface area contributed by atoms with Crippen LogP contribution in [0.1, 0.15) is 44.1 Å². The molecule has 28 heavy (non-hydrogen) atoms. The lowest BCUT2D eigenvalue weighted by molar-refractivity contribution is -0.122. The van der Waals surface area contributed by atoms with Gasteiger partial charge in [-0.1, -0.05) is 12.5 Å². The predicted molar refractivity (Wildman–Crippen MR) is 111 cm³/mol. The number of carbonyl (C=O) groups excluding carboxylic acids is 1. The summed E-state index contributed by atoms with van der Waals surface area (Å²) in [6, 6.07) is 6.18. The molecule has 1 aromatic carbocycles. The summed E-state index contributed by atoms with van der Waals surface area (Å²) in [7, 11) is 1.54. The standard InChI is InChI=1S/C20H28N6O2/c1-28-13-17(27)25-11-5-6-14-7-8-15(12-16(14)25)26-19(22)23-18(21)24-20(26)9-3-2-4-10-20/h7-8,12H,2-6,9-11,13H2,1H3,(H4,21,22,23,24). The van der Waals surface area contributed by atoms with Crippen molar-refractivity contribution < 1.29 is 9.53 Å². The third kappa shape index (κ3) is 3.22. The van der Waals surface area contributed by atoms with Crippen molar-refractivity contribution in [2.45, 2.75) is 50.6 Å². The molecule has 1 saturated carbocycles. The average molecular weight is 384 g/mol. The van der Waals surface area contributed by atoms with E-state index in [4.69, 9.17) is 21.2 Å². The summed E-state index contributed by atoms with van der Waals surface area (Å²) in [5.74, 6) is 0.570. The molecule has 1 aliphatic carbocycles. The molecule has 0 radical (unpaired) electrons. The van der Waals surface area contributed by atoms with Crippen molar-refractivity contribution in [2.75, 3.05) is 30.1 Å². The quantitative estimate of drug-likeness (QED) is 0.825. The molecule has 1 spiro atoms. The van der Waals surface area contributed by atoms with Crippen molar-refractivity contribution in [1.82, 2.24) is 0 Å². The van der Waals surface area contributed by atoms with Gasteiger partial charge in [-0.3, -0.25) is 9.69 Å². The first-order chi connectivity index (χ1) is 13.5. The normalized spacial score (nSPS) is 21.2. The summed E-state index contributed by atoms with van der Waals surface area (Å²) < 4.78 is 5.06. The second-order valence-electron chi connectivity index (χ2n) is 7.71. The van der Waals surface area contributed by atoms with Crippen molar-refractivity contribution in [2.24, 2.45) is 21.5 Å². The summed E-state index contributed by atoms with van der Waals surface area (Å²) in [4.78, 5) is 25.3. The van der Waals surface area contributed by atoms with Crippen LogP contribution in [0.2, 0.25) is 0 Å². The fraction of sp³-hybridized carbons (Fsp3) is 0.550. The van der Waals surface area contributed by atoms with Crippen LogP contribution in [0.25, 0.3) is 0 Å². The third-order valence-corrected chi connectivity index (χ3v) is 5.87. The van der Waals surface area contributed by atoms with Crippen LogP contribution >= 0.6 is 0 Å². The number of rotatable bonds is 3. The molecule has 150 valence electrons. The molecule has 0 saturated heterocycles. The zero-order valence-corrected chi connectivity index (χ0v) is 16.4. The third-order valence-electron chi connectivity index (χ3n) is 5.87. The zero-order valence-electron chi connectivity index (χ0n) is 16.4. The van der Waals surface area contributed by atoms with E-state index in [0.717, 1.165) is 55.5 Å². The Labute approximate surface area is 165 Å². The monoisotopic (exact) mass is 384 g/mol. The molecule has 1 fully saturated rings. The minimum Gasteiger partial charge on any atom is -0.375 e. The molecule has 0 unspecified atom stereocenters. The van der Waals surface area contributed by atoms with E-state index in [9.17, 15) is 4.79 Å². The molecule has 2 aliphatic heterocycles. The van der Waals surface area contributed by atoms with Gasteiger partial charge in [0.1, 0.15) is 12.3 Å². The fourth-order valence-electron chi connectivity index (χ4n) is 4.66. The maximum Gasteiger partial charge on any atom is 0.252 e. The molecule has 2 heterocycles. The summed E-state index contributed by atoms with van der Waals surface area (Å²) in [5.41, 5.74) is 14.8. The lowest BCUT2D eigenvalue weighted by Gasteiger charge is -2.46. The molecule has 8 heteroatoms. The SMILES string of the molecule is COCC(=O)N1CCCc2ccc(N3C(N)=NC(N)=NC34CCCCC4)cc21. The van der Waals surface area contributed by atoms with Gasteiger partial charge in [-0.2, -0.15) is 4.99 Å². The molecule has 4 rings (SSSR count). The maximum absolute atomic E-state index is 12.6. The van der Waals surface area contributed by atoms with Crippen molar-refractivity contribution in [3.63, 3.8) is 0 Å². The second-order valence-corrected chi connectivity index (χ2v) is 7.71. The number of amides is 1. The molecule has 0 bridgehead atoms. The van der Waals surface area contributed by atoms with E-state index in [1.165, 1.54) is 6.42 Å². The van der Waals surface area contributed by atoms with Gasteiger partial charge in [-0.25, -0.2) is 4.99 Å². The molecular weight excluding hydrogens is 356 g/mol.